The number of hydrogen-bond acceptors (Lipinski definition) is 4. The highest BCUT2D eigenvalue weighted by atomic mass is 35.5. The van der Waals surface area contributed by atoms with Crippen molar-refractivity contribution in [1.29, 1.82) is 0 Å². The molecule has 0 aliphatic rings. The van der Waals surface area contributed by atoms with Crippen LogP contribution in [0.25, 0.3) is 16.6 Å². The van der Waals surface area contributed by atoms with Crippen molar-refractivity contribution in [3.8, 4) is 5.69 Å². The molecule has 170 valence electrons. The van der Waals surface area contributed by atoms with Gasteiger partial charge in [-0.2, -0.15) is 0 Å². The molecule has 0 radical (unpaired) electrons. The fraction of sp³-hybridized carbons (Fsp3) is 0.269. The van der Waals surface area contributed by atoms with Crippen LogP contribution in [0.2, 0.25) is 5.02 Å². The second kappa shape index (κ2) is 9.89. The minimum absolute atomic E-state index is 0.0504. The molecule has 1 amide bonds. The molecule has 0 aliphatic heterocycles. The van der Waals surface area contributed by atoms with Gasteiger partial charge >= 0.3 is 0 Å². The minimum Gasteiger partial charge on any atom is -0.327 e. The van der Waals surface area contributed by atoms with Crippen molar-refractivity contribution in [2.45, 2.75) is 33.2 Å². The van der Waals surface area contributed by atoms with E-state index in [9.17, 15) is 9.59 Å². The topological polar surface area (TPSA) is 55.2 Å². The summed E-state index contributed by atoms with van der Waals surface area (Å²) in [6.07, 6.45) is 0.606. The number of hydrogen-bond donors (Lipinski definition) is 0. The Balaban J connectivity index is 1.97. The van der Waals surface area contributed by atoms with E-state index >= 15 is 0 Å². The molecular weight excluding hydrogens is 454 g/mol. The fourth-order valence-corrected chi connectivity index (χ4v) is 4.93. The summed E-state index contributed by atoms with van der Waals surface area (Å²) < 4.78 is 1.61. The molecule has 0 saturated carbocycles. The Morgan fingerprint density at radius 2 is 1.91 bits per heavy atom. The zero-order valence-corrected chi connectivity index (χ0v) is 20.4. The van der Waals surface area contributed by atoms with E-state index in [1.807, 2.05) is 59.7 Å². The van der Waals surface area contributed by atoms with Crippen molar-refractivity contribution in [1.82, 2.24) is 14.5 Å². The molecule has 5 nitrogen and oxygen atoms in total. The van der Waals surface area contributed by atoms with Gasteiger partial charge in [-0.1, -0.05) is 56.6 Å². The number of aromatic nitrogens is 2. The average Bonchev–Trinajstić information content (AvgIpc) is 3.33. The van der Waals surface area contributed by atoms with Crippen LogP contribution < -0.4 is 5.56 Å². The third kappa shape index (κ3) is 4.72. The molecule has 4 aromatic rings. The van der Waals surface area contributed by atoms with Gasteiger partial charge in [-0.25, -0.2) is 4.98 Å². The maximum absolute atomic E-state index is 13.7. The Morgan fingerprint density at radius 1 is 1.12 bits per heavy atom. The lowest BCUT2D eigenvalue weighted by atomic mass is 10.1. The first-order valence-corrected chi connectivity index (χ1v) is 12.3. The number of rotatable bonds is 7. The van der Waals surface area contributed by atoms with Crippen molar-refractivity contribution in [2.75, 3.05) is 6.54 Å². The molecule has 1 unspecified atom stereocenters. The lowest BCUT2D eigenvalue weighted by molar-refractivity contribution is 0.0636. The van der Waals surface area contributed by atoms with Gasteiger partial charge in [-0.05, 0) is 54.1 Å². The summed E-state index contributed by atoms with van der Waals surface area (Å²) in [5.74, 6) is 0.731. The van der Waals surface area contributed by atoms with Crippen LogP contribution >= 0.6 is 22.9 Å². The highest BCUT2D eigenvalue weighted by Gasteiger charge is 2.30. The molecule has 33 heavy (non-hydrogen) atoms. The quantitative estimate of drug-likeness (QED) is 0.310. The highest BCUT2D eigenvalue weighted by Crippen LogP contribution is 2.29. The number of fused-ring (bicyclic) bond motifs is 1. The van der Waals surface area contributed by atoms with Crippen molar-refractivity contribution < 1.29 is 4.79 Å². The minimum atomic E-state index is -0.390. The summed E-state index contributed by atoms with van der Waals surface area (Å²) >= 11 is 7.70. The predicted octanol–water partition coefficient (Wildman–Crippen LogP) is 6.35. The smallest absolute Gasteiger partial charge is 0.266 e. The highest BCUT2D eigenvalue weighted by molar-refractivity contribution is 7.12. The molecule has 0 spiro atoms. The number of thiophene rings is 1. The molecule has 0 fully saturated rings. The maximum atomic E-state index is 13.7. The molecule has 0 N–H and O–H groups in total. The van der Waals surface area contributed by atoms with Gasteiger partial charge in [0, 0.05) is 11.6 Å². The van der Waals surface area contributed by atoms with Crippen molar-refractivity contribution in [3.05, 3.63) is 92.1 Å². The summed E-state index contributed by atoms with van der Waals surface area (Å²) in [5, 5.41) is 2.95. The van der Waals surface area contributed by atoms with Gasteiger partial charge in [0.15, 0.2) is 0 Å². The van der Waals surface area contributed by atoms with E-state index in [1.54, 1.807) is 22.8 Å². The Hall–Kier alpha value is -2.96. The van der Waals surface area contributed by atoms with Gasteiger partial charge in [0.2, 0.25) is 0 Å². The fourth-order valence-electron chi connectivity index (χ4n) is 4.07. The Kier molecular flexibility index (Phi) is 6.96. The Morgan fingerprint density at radius 3 is 2.58 bits per heavy atom. The van der Waals surface area contributed by atoms with Crippen LogP contribution in [0.15, 0.2) is 70.8 Å². The molecule has 4 rings (SSSR count). The van der Waals surface area contributed by atoms with Gasteiger partial charge in [-0.3, -0.25) is 14.2 Å². The predicted molar refractivity (Wildman–Crippen MR) is 136 cm³/mol. The molecule has 2 aromatic carbocycles. The number of carbonyl (C=O) groups excluding carboxylic acids is 1. The summed E-state index contributed by atoms with van der Waals surface area (Å²) in [4.78, 5) is 34.7. The molecular formula is C26H26ClN3O2S. The van der Waals surface area contributed by atoms with Crippen LogP contribution in [-0.4, -0.2) is 26.9 Å². The van der Waals surface area contributed by atoms with Crippen LogP contribution in [0.1, 0.15) is 48.7 Å². The number of para-hydroxylation sites is 1. The third-order valence-electron chi connectivity index (χ3n) is 5.48. The second-order valence-electron chi connectivity index (χ2n) is 8.36. The summed E-state index contributed by atoms with van der Waals surface area (Å²) in [6, 6.07) is 17.8. The van der Waals surface area contributed by atoms with Crippen molar-refractivity contribution in [3.63, 3.8) is 0 Å². The first kappa shape index (κ1) is 23.2. The van der Waals surface area contributed by atoms with Gasteiger partial charge in [0.1, 0.15) is 5.82 Å². The summed E-state index contributed by atoms with van der Waals surface area (Å²) in [7, 11) is 0. The number of halogens is 1. The molecule has 1 atom stereocenters. The zero-order chi connectivity index (χ0) is 23.5. The lowest BCUT2D eigenvalue weighted by Gasteiger charge is -2.33. The largest absolute Gasteiger partial charge is 0.327 e. The molecule has 0 bridgehead atoms. The van der Waals surface area contributed by atoms with Crippen LogP contribution in [0.5, 0.6) is 0 Å². The zero-order valence-electron chi connectivity index (χ0n) is 18.9. The van der Waals surface area contributed by atoms with Crippen LogP contribution in [0.3, 0.4) is 0 Å². The van der Waals surface area contributed by atoms with E-state index in [4.69, 9.17) is 16.6 Å². The van der Waals surface area contributed by atoms with Gasteiger partial charge in [0.25, 0.3) is 11.5 Å². The number of nitrogens with zero attached hydrogens (tertiary/aromatic N) is 3. The summed E-state index contributed by atoms with van der Waals surface area (Å²) in [6.45, 7) is 6.73. The SMILES string of the molecule is CCC(c1nc2ccccc2c(=O)n1-c1cccc(Cl)c1)N(CC(C)C)C(=O)c1cccs1. The number of carbonyl (C=O) groups is 1. The monoisotopic (exact) mass is 479 g/mol. The second-order valence-corrected chi connectivity index (χ2v) is 9.74. The van der Waals surface area contributed by atoms with Crippen LogP contribution in [0, 0.1) is 5.92 Å². The van der Waals surface area contributed by atoms with E-state index in [-0.39, 0.29) is 17.4 Å². The van der Waals surface area contributed by atoms with E-state index in [0.717, 1.165) is 0 Å². The van der Waals surface area contributed by atoms with E-state index in [0.29, 0.717) is 45.3 Å². The van der Waals surface area contributed by atoms with Crippen molar-refractivity contribution in [2.24, 2.45) is 5.92 Å². The number of amides is 1. The Labute approximate surface area is 202 Å². The first-order chi connectivity index (χ1) is 15.9. The normalized spacial score (nSPS) is 12.3. The maximum Gasteiger partial charge on any atom is 0.266 e. The lowest BCUT2D eigenvalue weighted by Crippen LogP contribution is -2.40. The van der Waals surface area contributed by atoms with E-state index in [1.165, 1.54) is 11.3 Å². The van der Waals surface area contributed by atoms with Gasteiger partial charge in [-0.15, -0.1) is 11.3 Å². The average molecular weight is 480 g/mol. The van der Waals surface area contributed by atoms with Crippen LogP contribution in [-0.2, 0) is 0 Å². The molecule has 2 heterocycles. The molecule has 0 aliphatic carbocycles. The van der Waals surface area contributed by atoms with Gasteiger partial charge < -0.3 is 4.90 Å². The summed E-state index contributed by atoms with van der Waals surface area (Å²) in [5.41, 5.74) is 1.07. The van der Waals surface area contributed by atoms with E-state index in [2.05, 4.69) is 13.8 Å². The van der Waals surface area contributed by atoms with Gasteiger partial charge in [0.05, 0.1) is 27.5 Å². The third-order valence-corrected chi connectivity index (χ3v) is 6.58. The molecule has 0 saturated heterocycles. The Bertz CT molecular complexity index is 1330. The number of benzene rings is 2. The van der Waals surface area contributed by atoms with Crippen LogP contribution in [0.4, 0.5) is 0 Å². The molecule has 7 heteroatoms. The van der Waals surface area contributed by atoms with E-state index < -0.39 is 6.04 Å². The first-order valence-electron chi connectivity index (χ1n) is 11.0. The van der Waals surface area contributed by atoms with Crippen molar-refractivity contribution >= 4 is 39.7 Å². The standard InChI is InChI=1S/C26H26ClN3O2S/c1-4-22(29(16-17(2)3)26(32)23-13-8-14-33-23)24-28-21-12-6-5-11-20(21)25(31)30(24)19-10-7-9-18(27)15-19/h5-15,17,22H,4,16H2,1-3H3. The molecule has 2 aromatic heterocycles.